The highest BCUT2D eigenvalue weighted by molar-refractivity contribution is 5.03. The van der Waals surface area contributed by atoms with Gasteiger partial charge in [-0.05, 0) is 27.1 Å². The highest BCUT2D eigenvalue weighted by atomic mass is 16.5. The van der Waals surface area contributed by atoms with Crippen LogP contribution in [0.4, 0.5) is 0 Å². The SMILES string of the molecule is CC(C)C#CCN1CCOCC1.CCCN(C)C. The van der Waals surface area contributed by atoms with E-state index in [0.29, 0.717) is 5.92 Å². The number of morpholine rings is 1. The van der Waals surface area contributed by atoms with Crippen LogP contribution < -0.4 is 0 Å². The molecule has 0 aromatic rings. The molecule has 1 rings (SSSR count). The standard InChI is InChI=1S/C10H17NO.C5H13N/c1-10(2)4-3-5-11-6-8-12-9-7-11;1-4-5-6(2)3/h10H,5-9H2,1-2H3;4-5H2,1-3H3. The number of rotatable bonds is 3. The topological polar surface area (TPSA) is 15.7 Å². The molecule has 0 amide bonds. The van der Waals surface area contributed by atoms with E-state index in [1.54, 1.807) is 0 Å². The van der Waals surface area contributed by atoms with Crippen LogP contribution in [0.3, 0.4) is 0 Å². The van der Waals surface area contributed by atoms with Gasteiger partial charge >= 0.3 is 0 Å². The van der Waals surface area contributed by atoms with Crippen LogP contribution >= 0.6 is 0 Å². The van der Waals surface area contributed by atoms with Crippen LogP contribution in [0, 0.1) is 17.8 Å². The molecule has 0 bridgehead atoms. The maximum Gasteiger partial charge on any atom is 0.0603 e. The van der Waals surface area contributed by atoms with Crippen molar-refractivity contribution in [3.05, 3.63) is 0 Å². The predicted molar refractivity (Wildman–Crippen MR) is 78.7 cm³/mol. The van der Waals surface area contributed by atoms with E-state index in [0.717, 1.165) is 32.8 Å². The Morgan fingerprint density at radius 3 is 2.22 bits per heavy atom. The molecule has 106 valence electrons. The highest BCUT2D eigenvalue weighted by Crippen LogP contribution is 1.95. The minimum atomic E-state index is 0.492. The molecule has 0 N–H and O–H groups in total. The Kier molecular flexibility index (Phi) is 11.2. The van der Waals surface area contributed by atoms with E-state index in [9.17, 15) is 0 Å². The van der Waals surface area contributed by atoms with Crippen molar-refractivity contribution in [2.24, 2.45) is 5.92 Å². The van der Waals surface area contributed by atoms with Crippen molar-refractivity contribution in [3.63, 3.8) is 0 Å². The van der Waals surface area contributed by atoms with Gasteiger partial charge in [-0.1, -0.05) is 32.6 Å². The summed E-state index contributed by atoms with van der Waals surface area (Å²) in [5.41, 5.74) is 0. The first kappa shape index (κ1) is 17.4. The maximum atomic E-state index is 5.24. The first-order valence-corrected chi connectivity index (χ1v) is 6.99. The summed E-state index contributed by atoms with van der Waals surface area (Å²) in [5.74, 6) is 6.83. The van der Waals surface area contributed by atoms with Crippen LogP contribution in [0.1, 0.15) is 27.2 Å². The molecule has 0 aromatic heterocycles. The first-order chi connectivity index (χ1) is 8.56. The largest absolute Gasteiger partial charge is 0.379 e. The van der Waals surface area contributed by atoms with E-state index < -0.39 is 0 Å². The fourth-order valence-corrected chi connectivity index (χ4v) is 1.57. The van der Waals surface area contributed by atoms with Crippen LogP contribution in [-0.4, -0.2) is 63.3 Å². The van der Waals surface area contributed by atoms with Crippen LogP contribution in [0.5, 0.6) is 0 Å². The Balaban J connectivity index is 0.000000411. The molecule has 0 aliphatic carbocycles. The Labute approximate surface area is 113 Å². The summed E-state index contributed by atoms with van der Waals surface area (Å²) in [4.78, 5) is 4.51. The summed E-state index contributed by atoms with van der Waals surface area (Å²) in [6, 6.07) is 0. The van der Waals surface area contributed by atoms with Gasteiger partial charge in [-0.25, -0.2) is 0 Å². The van der Waals surface area contributed by atoms with Crippen LogP contribution in [0.25, 0.3) is 0 Å². The first-order valence-electron chi connectivity index (χ1n) is 6.99. The fraction of sp³-hybridized carbons (Fsp3) is 0.867. The molecule has 0 saturated carbocycles. The van der Waals surface area contributed by atoms with Crippen molar-refractivity contribution in [2.45, 2.75) is 27.2 Å². The zero-order valence-electron chi connectivity index (χ0n) is 12.8. The van der Waals surface area contributed by atoms with Gasteiger partial charge in [0.2, 0.25) is 0 Å². The van der Waals surface area contributed by atoms with E-state index in [1.807, 2.05) is 0 Å². The third-order valence-corrected chi connectivity index (χ3v) is 2.47. The van der Waals surface area contributed by atoms with Gasteiger partial charge in [0.1, 0.15) is 0 Å². The smallest absolute Gasteiger partial charge is 0.0603 e. The number of ether oxygens (including phenoxy) is 1. The number of hydrogen-bond donors (Lipinski definition) is 0. The average Bonchev–Trinajstić information content (AvgIpc) is 2.30. The summed E-state index contributed by atoms with van der Waals surface area (Å²) < 4.78 is 5.24. The second kappa shape index (κ2) is 11.5. The quantitative estimate of drug-likeness (QED) is 0.716. The molecule has 1 aliphatic rings. The third kappa shape index (κ3) is 11.9. The summed E-state index contributed by atoms with van der Waals surface area (Å²) >= 11 is 0. The molecule has 0 spiro atoms. The van der Waals surface area contributed by atoms with Crippen molar-refractivity contribution < 1.29 is 4.74 Å². The van der Waals surface area contributed by atoms with Gasteiger partial charge < -0.3 is 9.64 Å². The van der Waals surface area contributed by atoms with Gasteiger partial charge in [0.15, 0.2) is 0 Å². The predicted octanol–water partition coefficient (Wildman–Crippen LogP) is 1.94. The highest BCUT2D eigenvalue weighted by Gasteiger charge is 2.07. The van der Waals surface area contributed by atoms with Gasteiger partial charge in [-0.3, -0.25) is 4.90 Å². The zero-order chi connectivity index (χ0) is 13.8. The molecule has 1 aliphatic heterocycles. The molecule has 0 atom stereocenters. The fourth-order valence-electron chi connectivity index (χ4n) is 1.57. The molecule has 0 unspecified atom stereocenters. The molecular formula is C15H30N2O. The Morgan fingerprint density at radius 1 is 1.22 bits per heavy atom. The zero-order valence-corrected chi connectivity index (χ0v) is 12.8. The second-order valence-electron chi connectivity index (χ2n) is 5.17. The summed E-state index contributed by atoms with van der Waals surface area (Å²) in [6.07, 6.45) is 1.26. The van der Waals surface area contributed by atoms with Crippen molar-refractivity contribution >= 4 is 0 Å². The van der Waals surface area contributed by atoms with Crippen LogP contribution in [0.2, 0.25) is 0 Å². The van der Waals surface area contributed by atoms with Gasteiger partial charge in [0.05, 0.1) is 19.8 Å². The van der Waals surface area contributed by atoms with Crippen molar-refractivity contribution in [1.29, 1.82) is 0 Å². The molecule has 3 heteroatoms. The normalized spacial score (nSPS) is 15.9. The lowest BCUT2D eigenvalue weighted by Gasteiger charge is -2.24. The third-order valence-electron chi connectivity index (χ3n) is 2.47. The van der Waals surface area contributed by atoms with Gasteiger partial charge in [0, 0.05) is 19.0 Å². The minimum absolute atomic E-state index is 0.492. The number of hydrogen-bond acceptors (Lipinski definition) is 3. The summed E-state index contributed by atoms with van der Waals surface area (Å²) in [5, 5.41) is 0. The lowest BCUT2D eigenvalue weighted by atomic mass is 10.2. The van der Waals surface area contributed by atoms with E-state index in [4.69, 9.17) is 4.74 Å². The Hall–Kier alpha value is -0.560. The van der Waals surface area contributed by atoms with Gasteiger partial charge in [0.25, 0.3) is 0 Å². The van der Waals surface area contributed by atoms with Crippen molar-refractivity contribution in [1.82, 2.24) is 9.80 Å². The van der Waals surface area contributed by atoms with E-state index in [2.05, 4.69) is 56.5 Å². The van der Waals surface area contributed by atoms with Crippen LogP contribution in [0.15, 0.2) is 0 Å². The average molecular weight is 254 g/mol. The lowest BCUT2D eigenvalue weighted by molar-refractivity contribution is 0.0443. The van der Waals surface area contributed by atoms with E-state index in [-0.39, 0.29) is 0 Å². The van der Waals surface area contributed by atoms with Crippen molar-refractivity contribution in [3.8, 4) is 11.8 Å². The van der Waals surface area contributed by atoms with Crippen molar-refractivity contribution in [2.75, 3.05) is 53.5 Å². The Bertz CT molecular complexity index is 235. The van der Waals surface area contributed by atoms with E-state index in [1.165, 1.54) is 13.0 Å². The maximum absolute atomic E-state index is 5.24. The van der Waals surface area contributed by atoms with Crippen LogP contribution in [-0.2, 0) is 4.74 Å². The van der Waals surface area contributed by atoms with Gasteiger partial charge in [-0.15, -0.1) is 0 Å². The Morgan fingerprint density at radius 2 is 1.83 bits per heavy atom. The summed E-state index contributed by atoms with van der Waals surface area (Å²) in [7, 11) is 4.17. The monoisotopic (exact) mass is 254 g/mol. The molecule has 0 aromatic carbocycles. The molecule has 1 fully saturated rings. The number of nitrogens with zero attached hydrogens (tertiary/aromatic N) is 2. The molecule has 0 radical (unpaired) electrons. The second-order valence-corrected chi connectivity index (χ2v) is 5.17. The summed E-state index contributed by atoms with van der Waals surface area (Å²) in [6.45, 7) is 12.3. The molecule has 1 heterocycles. The van der Waals surface area contributed by atoms with E-state index >= 15 is 0 Å². The van der Waals surface area contributed by atoms with Gasteiger partial charge in [-0.2, -0.15) is 0 Å². The molecular weight excluding hydrogens is 224 g/mol. The molecule has 3 nitrogen and oxygen atoms in total. The lowest BCUT2D eigenvalue weighted by Crippen LogP contribution is -2.36. The minimum Gasteiger partial charge on any atom is -0.379 e. The molecule has 18 heavy (non-hydrogen) atoms. The molecule has 1 saturated heterocycles.